The number of guanidine groups is 1. The fraction of sp³-hybridized carbons (Fsp3) is 0.375. The number of halogens is 1. The Hall–Kier alpha value is -2.82. The van der Waals surface area contributed by atoms with Crippen LogP contribution in [0.15, 0.2) is 58.3 Å². The maximum Gasteiger partial charge on any atom is 0.251 e. The maximum atomic E-state index is 12.5. The van der Waals surface area contributed by atoms with Gasteiger partial charge in [-0.25, -0.2) is 0 Å². The Morgan fingerprint density at radius 2 is 2.00 bits per heavy atom. The topological polar surface area (TPSA) is 87.7 Å². The molecule has 2 aromatic heterocycles. The molecule has 1 amide bonds. The first-order valence-electron chi connectivity index (χ1n) is 10.7. The number of amides is 1. The van der Waals surface area contributed by atoms with Crippen LogP contribution in [0.2, 0.25) is 0 Å². The molecule has 0 saturated carbocycles. The number of nitrogens with one attached hydrogen (secondary N) is 2. The molecule has 0 bridgehead atoms. The van der Waals surface area contributed by atoms with E-state index in [-0.39, 0.29) is 29.9 Å². The van der Waals surface area contributed by atoms with Gasteiger partial charge in [-0.2, -0.15) is 5.10 Å². The number of aliphatic imine (C=N–C) groups is 1. The van der Waals surface area contributed by atoms with Gasteiger partial charge in [-0.05, 0) is 35.7 Å². The molecule has 0 aliphatic carbocycles. The van der Waals surface area contributed by atoms with Crippen LogP contribution in [0.1, 0.15) is 52.7 Å². The van der Waals surface area contributed by atoms with E-state index in [4.69, 9.17) is 4.42 Å². The van der Waals surface area contributed by atoms with Crippen LogP contribution in [0.3, 0.4) is 0 Å². The predicted molar refractivity (Wildman–Crippen MR) is 141 cm³/mol. The van der Waals surface area contributed by atoms with Gasteiger partial charge in [-0.3, -0.25) is 14.5 Å². The van der Waals surface area contributed by atoms with Crippen molar-refractivity contribution in [2.24, 2.45) is 12.0 Å². The van der Waals surface area contributed by atoms with Gasteiger partial charge in [0.1, 0.15) is 5.76 Å². The molecule has 33 heavy (non-hydrogen) atoms. The first-order valence-corrected chi connectivity index (χ1v) is 10.7. The molecule has 0 fully saturated rings. The van der Waals surface area contributed by atoms with Gasteiger partial charge in [0, 0.05) is 51.6 Å². The molecule has 0 aliphatic heterocycles. The van der Waals surface area contributed by atoms with E-state index in [1.165, 1.54) is 5.56 Å². The van der Waals surface area contributed by atoms with Crippen LogP contribution in [0.5, 0.6) is 0 Å². The molecule has 0 unspecified atom stereocenters. The fourth-order valence-electron chi connectivity index (χ4n) is 3.56. The summed E-state index contributed by atoms with van der Waals surface area (Å²) in [5.41, 5.74) is 3.89. The molecular formula is C24H33IN6O2. The second-order valence-corrected chi connectivity index (χ2v) is 8.09. The summed E-state index contributed by atoms with van der Waals surface area (Å²) >= 11 is 0. The smallest absolute Gasteiger partial charge is 0.251 e. The Kier molecular flexibility index (Phi) is 9.95. The third-order valence-electron chi connectivity index (χ3n) is 5.11. The number of hydrogen-bond donors (Lipinski definition) is 2. The van der Waals surface area contributed by atoms with E-state index in [1.807, 2.05) is 43.0 Å². The summed E-state index contributed by atoms with van der Waals surface area (Å²) in [7, 11) is 5.72. The lowest BCUT2D eigenvalue weighted by Crippen LogP contribution is -2.38. The number of hydrogen-bond acceptors (Lipinski definition) is 4. The molecule has 0 saturated heterocycles. The van der Waals surface area contributed by atoms with Gasteiger partial charge in [0.15, 0.2) is 5.96 Å². The van der Waals surface area contributed by atoms with Crippen molar-refractivity contribution in [2.75, 3.05) is 14.1 Å². The average molecular weight is 564 g/mol. The number of rotatable bonds is 8. The molecule has 1 aromatic carbocycles. The zero-order valence-electron chi connectivity index (χ0n) is 19.8. The van der Waals surface area contributed by atoms with Gasteiger partial charge < -0.3 is 20.0 Å². The minimum absolute atomic E-state index is 0. The van der Waals surface area contributed by atoms with Crippen molar-refractivity contribution >= 4 is 35.8 Å². The van der Waals surface area contributed by atoms with Crippen LogP contribution < -0.4 is 10.6 Å². The summed E-state index contributed by atoms with van der Waals surface area (Å²) in [5.74, 6) is 1.72. The molecule has 9 heteroatoms. The molecule has 3 aromatic rings. The molecule has 8 nitrogen and oxygen atoms in total. The molecule has 0 atom stereocenters. The van der Waals surface area contributed by atoms with Crippen molar-refractivity contribution in [3.8, 4) is 0 Å². The number of aryl methyl sites for hydroxylation is 1. The molecule has 2 heterocycles. The van der Waals surface area contributed by atoms with Crippen molar-refractivity contribution in [3.05, 3.63) is 77.0 Å². The summed E-state index contributed by atoms with van der Waals surface area (Å²) < 4.78 is 7.12. The second kappa shape index (κ2) is 12.4. The average Bonchev–Trinajstić information content (AvgIpc) is 3.42. The standard InChI is InChI=1S/C24H32N6O2.HI/c1-17(2)22-20(16-30(5)28-22)15-29(4)24(25-3)27-13-18-8-6-9-19(12-18)23(31)26-14-21-10-7-11-32-21;/h6-12,16-17H,13-15H2,1-5H3,(H,25,27)(H,26,31);1H. The number of carbonyl (C=O) groups excluding carboxylic acids is 1. The van der Waals surface area contributed by atoms with Crippen LogP contribution in [0.4, 0.5) is 0 Å². The number of nitrogens with zero attached hydrogens (tertiary/aromatic N) is 4. The Balaban J connectivity index is 0.00000385. The first kappa shape index (κ1) is 26.4. The lowest BCUT2D eigenvalue weighted by Gasteiger charge is -2.22. The SMILES string of the molecule is CN=C(NCc1cccc(C(=O)NCc2ccco2)c1)N(C)Cc1cn(C)nc1C(C)C.I. The van der Waals surface area contributed by atoms with Gasteiger partial charge in [0.05, 0.1) is 18.5 Å². The Bertz CT molecular complexity index is 1060. The lowest BCUT2D eigenvalue weighted by molar-refractivity contribution is 0.0948. The maximum absolute atomic E-state index is 12.5. The largest absolute Gasteiger partial charge is 0.467 e. The van der Waals surface area contributed by atoms with E-state index in [9.17, 15) is 4.79 Å². The van der Waals surface area contributed by atoms with Gasteiger partial charge in [0.25, 0.3) is 5.91 Å². The summed E-state index contributed by atoms with van der Waals surface area (Å²) in [6.07, 6.45) is 3.65. The number of benzene rings is 1. The highest BCUT2D eigenvalue weighted by Crippen LogP contribution is 2.18. The highest BCUT2D eigenvalue weighted by molar-refractivity contribution is 14.0. The molecule has 0 radical (unpaired) electrons. The highest BCUT2D eigenvalue weighted by atomic mass is 127. The number of aromatic nitrogens is 2. The van der Waals surface area contributed by atoms with Crippen molar-refractivity contribution < 1.29 is 9.21 Å². The lowest BCUT2D eigenvalue weighted by atomic mass is 10.1. The molecule has 178 valence electrons. The third-order valence-corrected chi connectivity index (χ3v) is 5.11. The summed E-state index contributed by atoms with van der Waals surface area (Å²) in [6.45, 7) is 5.92. The molecule has 0 aliphatic rings. The minimum atomic E-state index is -0.137. The van der Waals surface area contributed by atoms with Gasteiger partial charge in [-0.1, -0.05) is 26.0 Å². The Morgan fingerprint density at radius 1 is 1.21 bits per heavy atom. The number of furan rings is 1. The third kappa shape index (κ3) is 7.34. The van der Waals surface area contributed by atoms with E-state index >= 15 is 0 Å². The van der Waals surface area contributed by atoms with Crippen LogP contribution >= 0.6 is 24.0 Å². The van der Waals surface area contributed by atoms with Crippen LogP contribution in [-0.2, 0) is 26.7 Å². The quantitative estimate of drug-likeness (QED) is 0.246. The zero-order chi connectivity index (χ0) is 23.1. The summed E-state index contributed by atoms with van der Waals surface area (Å²) in [4.78, 5) is 19.0. The van der Waals surface area contributed by atoms with Gasteiger partial charge in [0.2, 0.25) is 0 Å². The highest BCUT2D eigenvalue weighted by Gasteiger charge is 2.15. The number of carbonyl (C=O) groups is 1. The Labute approximate surface area is 212 Å². The van der Waals surface area contributed by atoms with Crippen molar-refractivity contribution in [1.29, 1.82) is 0 Å². The molecule has 3 rings (SSSR count). The van der Waals surface area contributed by atoms with Crippen LogP contribution in [0, 0.1) is 0 Å². The fourth-order valence-corrected chi connectivity index (χ4v) is 3.56. The van der Waals surface area contributed by atoms with Crippen molar-refractivity contribution in [1.82, 2.24) is 25.3 Å². The van der Waals surface area contributed by atoms with Crippen molar-refractivity contribution in [3.63, 3.8) is 0 Å². The minimum Gasteiger partial charge on any atom is -0.467 e. The summed E-state index contributed by atoms with van der Waals surface area (Å²) in [5, 5.41) is 10.8. The van der Waals surface area contributed by atoms with E-state index < -0.39 is 0 Å². The van der Waals surface area contributed by atoms with Gasteiger partial charge in [-0.15, -0.1) is 24.0 Å². The van der Waals surface area contributed by atoms with Crippen LogP contribution in [0.25, 0.3) is 0 Å². The first-order chi connectivity index (χ1) is 15.4. The van der Waals surface area contributed by atoms with E-state index in [0.29, 0.717) is 31.1 Å². The van der Waals surface area contributed by atoms with Crippen LogP contribution in [-0.4, -0.2) is 40.6 Å². The van der Waals surface area contributed by atoms with E-state index in [0.717, 1.165) is 23.0 Å². The van der Waals surface area contributed by atoms with E-state index in [2.05, 4.69) is 45.7 Å². The Morgan fingerprint density at radius 3 is 2.67 bits per heavy atom. The zero-order valence-corrected chi connectivity index (χ0v) is 22.2. The van der Waals surface area contributed by atoms with Gasteiger partial charge >= 0.3 is 0 Å². The summed E-state index contributed by atoms with van der Waals surface area (Å²) in [6, 6.07) is 11.2. The van der Waals surface area contributed by atoms with E-state index in [1.54, 1.807) is 25.4 Å². The molecule has 0 spiro atoms. The molecule has 2 N–H and O–H groups in total. The predicted octanol–water partition coefficient (Wildman–Crippen LogP) is 3.89. The van der Waals surface area contributed by atoms with Crippen molar-refractivity contribution in [2.45, 2.75) is 39.4 Å². The second-order valence-electron chi connectivity index (χ2n) is 8.09. The monoisotopic (exact) mass is 564 g/mol. The normalized spacial score (nSPS) is 11.3. The molecular weight excluding hydrogens is 531 g/mol.